The normalized spacial score (nSPS) is 10.2. The molecule has 0 aromatic carbocycles. The molecule has 0 atom stereocenters. The minimum absolute atomic E-state index is 0.264. The van der Waals surface area contributed by atoms with Crippen LogP contribution in [0.2, 0.25) is 5.02 Å². The van der Waals surface area contributed by atoms with Gasteiger partial charge in [0.1, 0.15) is 6.33 Å². The number of nitrogens with zero attached hydrogens (tertiary/aromatic N) is 4. The Morgan fingerprint density at radius 1 is 1.59 bits per heavy atom. The van der Waals surface area contributed by atoms with E-state index in [4.69, 9.17) is 11.6 Å². The maximum atomic E-state index is 11.8. The fourth-order valence-electron chi connectivity index (χ4n) is 1.28. The van der Waals surface area contributed by atoms with Gasteiger partial charge < -0.3 is 9.88 Å². The highest BCUT2D eigenvalue weighted by molar-refractivity contribution is 6.33. The van der Waals surface area contributed by atoms with Gasteiger partial charge in [-0.1, -0.05) is 11.6 Å². The molecule has 6 nitrogen and oxygen atoms in total. The van der Waals surface area contributed by atoms with Crippen LogP contribution in [0.3, 0.4) is 0 Å². The Hall–Kier alpha value is -1.95. The first-order valence-corrected chi connectivity index (χ1v) is 5.27. The summed E-state index contributed by atoms with van der Waals surface area (Å²) >= 11 is 5.85. The second-order valence-corrected chi connectivity index (χ2v) is 3.80. The SMILES string of the molecule is Cn1cnnc1CNC(=O)c1ccncc1Cl. The van der Waals surface area contributed by atoms with E-state index in [-0.39, 0.29) is 5.91 Å². The summed E-state index contributed by atoms with van der Waals surface area (Å²) in [6, 6.07) is 1.56. The van der Waals surface area contributed by atoms with E-state index in [1.54, 1.807) is 24.0 Å². The molecule has 1 amide bonds. The van der Waals surface area contributed by atoms with Gasteiger partial charge >= 0.3 is 0 Å². The lowest BCUT2D eigenvalue weighted by atomic mass is 10.2. The van der Waals surface area contributed by atoms with E-state index in [0.717, 1.165) is 0 Å². The lowest BCUT2D eigenvalue weighted by Gasteiger charge is -2.05. The van der Waals surface area contributed by atoms with Gasteiger partial charge in [-0.3, -0.25) is 9.78 Å². The number of pyridine rings is 1. The molecule has 0 aliphatic rings. The number of aromatic nitrogens is 4. The molecule has 0 saturated carbocycles. The van der Waals surface area contributed by atoms with Crippen LogP contribution in [0, 0.1) is 0 Å². The number of halogens is 1. The molecule has 2 aromatic heterocycles. The summed E-state index contributed by atoms with van der Waals surface area (Å²) in [5.74, 6) is 0.406. The van der Waals surface area contributed by atoms with Crippen molar-refractivity contribution < 1.29 is 4.79 Å². The second-order valence-electron chi connectivity index (χ2n) is 3.40. The molecule has 0 aliphatic carbocycles. The first-order valence-electron chi connectivity index (χ1n) is 4.89. The quantitative estimate of drug-likeness (QED) is 0.876. The van der Waals surface area contributed by atoms with E-state index < -0.39 is 0 Å². The molecule has 0 radical (unpaired) electrons. The maximum Gasteiger partial charge on any atom is 0.253 e. The lowest BCUT2D eigenvalue weighted by Crippen LogP contribution is -2.24. The number of amides is 1. The molecule has 1 N–H and O–H groups in total. The predicted octanol–water partition coefficient (Wildman–Crippen LogP) is 0.793. The summed E-state index contributed by atoms with van der Waals surface area (Å²) in [4.78, 5) is 15.6. The number of rotatable bonds is 3. The van der Waals surface area contributed by atoms with Crippen LogP contribution in [0.15, 0.2) is 24.8 Å². The Balaban J connectivity index is 2.04. The zero-order valence-electron chi connectivity index (χ0n) is 9.09. The van der Waals surface area contributed by atoms with E-state index in [1.807, 2.05) is 0 Å². The van der Waals surface area contributed by atoms with Crippen LogP contribution < -0.4 is 5.32 Å². The molecule has 0 spiro atoms. The van der Waals surface area contributed by atoms with E-state index in [0.29, 0.717) is 23.0 Å². The van der Waals surface area contributed by atoms with Crippen molar-refractivity contribution in [1.82, 2.24) is 25.1 Å². The topological polar surface area (TPSA) is 72.7 Å². The van der Waals surface area contributed by atoms with Crippen molar-refractivity contribution in [2.24, 2.45) is 7.05 Å². The molecule has 2 aromatic rings. The van der Waals surface area contributed by atoms with Crippen LogP contribution in [-0.4, -0.2) is 25.7 Å². The molecule has 0 unspecified atom stereocenters. The van der Waals surface area contributed by atoms with Crippen LogP contribution in [0.25, 0.3) is 0 Å². The molecule has 7 heteroatoms. The third-order valence-corrected chi connectivity index (χ3v) is 2.53. The molecule has 88 valence electrons. The van der Waals surface area contributed by atoms with Gasteiger partial charge in [-0.15, -0.1) is 10.2 Å². The predicted molar refractivity (Wildman–Crippen MR) is 61.4 cm³/mol. The first-order chi connectivity index (χ1) is 8.18. The van der Waals surface area contributed by atoms with Crippen LogP contribution in [-0.2, 0) is 13.6 Å². The van der Waals surface area contributed by atoms with Crippen molar-refractivity contribution in [2.75, 3.05) is 0 Å². The van der Waals surface area contributed by atoms with Crippen molar-refractivity contribution in [1.29, 1.82) is 0 Å². The number of nitrogens with one attached hydrogen (secondary N) is 1. The summed E-state index contributed by atoms with van der Waals surface area (Å²) in [6.07, 6.45) is 4.52. The third-order valence-electron chi connectivity index (χ3n) is 2.23. The van der Waals surface area contributed by atoms with Gasteiger partial charge in [0.05, 0.1) is 17.1 Å². The van der Waals surface area contributed by atoms with Gasteiger partial charge in [0, 0.05) is 19.4 Å². The molecular weight excluding hydrogens is 242 g/mol. The number of carbonyl (C=O) groups excluding carboxylic acids is 1. The molecule has 0 aliphatic heterocycles. The van der Waals surface area contributed by atoms with Crippen LogP contribution in [0.1, 0.15) is 16.2 Å². The highest BCUT2D eigenvalue weighted by Gasteiger charge is 2.10. The van der Waals surface area contributed by atoms with Crippen LogP contribution in [0.4, 0.5) is 0 Å². The van der Waals surface area contributed by atoms with Gasteiger partial charge in [0.2, 0.25) is 0 Å². The Kier molecular flexibility index (Phi) is 3.34. The van der Waals surface area contributed by atoms with Gasteiger partial charge in [0.15, 0.2) is 5.82 Å². The average molecular weight is 252 g/mol. The van der Waals surface area contributed by atoms with E-state index in [9.17, 15) is 4.79 Å². The summed E-state index contributed by atoms with van der Waals surface area (Å²) in [6.45, 7) is 0.300. The van der Waals surface area contributed by atoms with Crippen LogP contribution in [0.5, 0.6) is 0 Å². The summed E-state index contributed by atoms with van der Waals surface area (Å²) in [5, 5.41) is 10.6. The fraction of sp³-hybridized carbons (Fsp3) is 0.200. The minimum atomic E-state index is -0.264. The second kappa shape index (κ2) is 4.92. The van der Waals surface area contributed by atoms with Crippen molar-refractivity contribution >= 4 is 17.5 Å². The number of hydrogen-bond acceptors (Lipinski definition) is 4. The number of aryl methyl sites for hydroxylation is 1. The van der Waals surface area contributed by atoms with Gasteiger partial charge in [-0.25, -0.2) is 0 Å². The van der Waals surface area contributed by atoms with Crippen molar-refractivity contribution in [3.63, 3.8) is 0 Å². The smallest absolute Gasteiger partial charge is 0.253 e. The maximum absolute atomic E-state index is 11.8. The Morgan fingerprint density at radius 2 is 2.41 bits per heavy atom. The van der Waals surface area contributed by atoms with E-state index >= 15 is 0 Å². The molecule has 0 fully saturated rings. The van der Waals surface area contributed by atoms with Gasteiger partial charge in [-0.05, 0) is 6.07 Å². The van der Waals surface area contributed by atoms with Gasteiger partial charge in [0.25, 0.3) is 5.91 Å². The molecule has 2 rings (SSSR count). The number of hydrogen-bond donors (Lipinski definition) is 1. The Labute approximate surface area is 103 Å². The monoisotopic (exact) mass is 251 g/mol. The summed E-state index contributed by atoms with van der Waals surface area (Å²) in [7, 11) is 1.81. The zero-order valence-corrected chi connectivity index (χ0v) is 9.85. The highest BCUT2D eigenvalue weighted by Crippen LogP contribution is 2.12. The van der Waals surface area contributed by atoms with Gasteiger partial charge in [-0.2, -0.15) is 0 Å². The first kappa shape index (κ1) is 11.5. The minimum Gasteiger partial charge on any atom is -0.345 e. The highest BCUT2D eigenvalue weighted by atomic mass is 35.5. The molecule has 0 saturated heterocycles. The summed E-state index contributed by atoms with van der Waals surface area (Å²) < 4.78 is 1.73. The fourth-order valence-corrected chi connectivity index (χ4v) is 1.49. The Bertz CT molecular complexity index is 539. The molecule has 17 heavy (non-hydrogen) atoms. The van der Waals surface area contributed by atoms with Crippen molar-refractivity contribution in [3.05, 3.63) is 41.2 Å². The Morgan fingerprint density at radius 3 is 3.06 bits per heavy atom. The van der Waals surface area contributed by atoms with Crippen LogP contribution >= 0.6 is 11.6 Å². The number of carbonyl (C=O) groups is 1. The molecule has 0 bridgehead atoms. The van der Waals surface area contributed by atoms with Crippen molar-refractivity contribution in [3.8, 4) is 0 Å². The van der Waals surface area contributed by atoms with E-state index in [2.05, 4.69) is 20.5 Å². The largest absolute Gasteiger partial charge is 0.345 e. The van der Waals surface area contributed by atoms with Crippen molar-refractivity contribution in [2.45, 2.75) is 6.54 Å². The zero-order chi connectivity index (χ0) is 12.3. The molecular formula is C10H10ClN5O. The third kappa shape index (κ3) is 2.59. The molecule has 2 heterocycles. The standard InChI is InChI=1S/C10H10ClN5O/c1-16-6-14-15-9(16)5-13-10(17)7-2-3-12-4-8(7)11/h2-4,6H,5H2,1H3,(H,13,17). The average Bonchev–Trinajstić information content (AvgIpc) is 2.72. The lowest BCUT2D eigenvalue weighted by molar-refractivity contribution is 0.0949. The summed E-state index contributed by atoms with van der Waals surface area (Å²) in [5.41, 5.74) is 0.392. The van der Waals surface area contributed by atoms with E-state index in [1.165, 1.54) is 12.4 Å².